The van der Waals surface area contributed by atoms with Gasteiger partial charge in [-0.15, -0.1) is 0 Å². The topological polar surface area (TPSA) is 46.4 Å². The predicted molar refractivity (Wildman–Crippen MR) is 105 cm³/mol. The predicted octanol–water partition coefficient (Wildman–Crippen LogP) is 6.22. The number of hydrogen-bond acceptors (Lipinski definition) is 3. The van der Waals surface area contributed by atoms with E-state index in [1.807, 2.05) is 42.5 Å². The molecule has 0 unspecified atom stereocenters. The van der Waals surface area contributed by atoms with Crippen molar-refractivity contribution in [2.75, 3.05) is 4.90 Å². The second-order valence-electron chi connectivity index (χ2n) is 5.98. The molecule has 4 heteroatoms. The lowest BCUT2D eigenvalue weighted by atomic mass is 10.1. The zero-order valence-corrected chi connectivity index (χ0v) is 13.9. The van der Waals surface area contributed by atoms with Gasteiger partial charge in [-0.05, 0) is 47.2 Å². The Hall–Kier alpha value is -3.66. The number of non-ortho nitro benzene ring substituents is 1. The van der Waals surface area contributed by atoms with Gasteiger partial charge < -0.3 is 4.90 Å². The fourth-order valence-corrected chi connectivity index (χ4v) is 3.06. The lowest BCUT2D eigenvalue weighted by molar-refractivity contribution is -0.384. The van der Waals surface area contributed by atoms with Gasteiger partial charge in [-0.3, -0.25) is 10.1 Å². The summed E-state index contributed by atoms with van der Waals surface area (Å²) in [6.45, 7) is 0. The highest BCUT2D eigenvalue weighted by Gasteiger charge is 2.14. The molecular weight excluding hydrogens is 324 g/mol. The molecule has 0 saturated carbocycles. The van der Waals surface area contributed by atoms with E-state index >= 15 is 0 Å². The van der Waals surface area contributed by atoms with Crippen LogP contribution in [0.15, 0.2) is 97.1 Å². The first kappa shape index (κ1) is 15.8. The molecule has 0 radical (unpaired) electrons. The third-order valence-corrected chi connectivity index (χ3v) is 4.32. The molecule has 4 aromatic carbocycles. The third kappa shape index (κ3) is 3.00. The highest BCUT2D eigenvalue weighted by molar-refractivity contribution is 5.89. The molecular formula is C22H16N2O2. The van der Waals surface area contributed by atoms with Crippen LogP contribution in [0.1, 0.15) is 0 Å². The van der Waals surface area contributed by atoms with Crippen LogP contribution in [0.5, 0.6) is 0 Å². The summed E-state index contributed by atoms with van der Waals surface area (Å²) < 4.78 is 0. The first-order valence-corrected chi connectivity index (χ1v) is 8.31. The van der Waals surface area contributed by atoms with Gasteiger partial charge in [-0.1, -0.05) is 48.5 Å². The molecule has 0 amide bonds. The van der Waals surface area contributed by atoms with Crippen molar-refractivity contribution in [3.05, 3.63) is 107 Å². The van der Waals surface area contributed by atoms with E-state index in [0.717, 1.165) is 22.4 Å². The van der Waals surface area contributed by atoms with E-state index in [9.17, 15) is 10.1 Å². The quantitative estimate of drug-likeness (QED) is 0.327. The van der Waals surface area contributed by atoms with Crippen LogP contribution in [0.4, 0.5) is 22.7 Å². The van der Waals surface area contributed by atoms with E-state index in [1.54, 1.807) is 12.1 Å². The van der Waals surface area contributed by atoms with Crippen LogP contribution in [0.25, 0.3) is 10.8 Å². The van der Waals surface area contributed by atoms with Crippen molar-refractivity contribution >= 4 is 33.5 Å². The molecule has 0 aliphatic rings. The molecule has 0 spiro atoms. The maximum absolute atomic E-state index is 11.0. The number of fused-ring (bicyclic) bond motifs is 1. The van der Waals surface area contributed by atoms with Crippen molar-refractivity contribution in [1.29, 1.82) is 0 Å². The summed E-state index contributed by atoms with van der Waals surface area (Å²) in [6.07, 6.45) is 0. The van der Waals surface area contributed by atoms with E-state index in [1.165, 1.54) is 17.5 Å². The zero-order chi connectivity index (χ0) is 17.9. The largest absolute Gasteiger partial charge is 0.310 e. The first-order valence-electron chi connectivity index (χ1n) is 8.31. The van der Waals surface area contributed by atoms with Gasteiger partial charge in [0.25, 0.3) is 5.69 Å². The van der Waals surface area contributed by atoms with E-state index in [2.05, 4.69) is 35.2 Å². The van der Waals surface area contributed by atoms with Crippen molar-refractivity contribution in [1.82, 2.24) is 0 Å². The standard InChI is InChI=1S/C22H16N2O2/c25-24(26)21-14-12-20(13-15-21)23(19-8-2-1-3-9-19)22-11-10-17-6-4-5-7-18(17)16-22/h1-16H. The summed E-state index contributed by atoms with van der Waals surface area (Å²) in [5, 5.41) is 13.3. The molecule has 0 N–H and O–H groups in total. The minimum atomic E-state index is -0.382. The molecule has 0 aliphatic carbocycles. The van der Waals surface area contributed by atoms with Crippen LogP contribution in [-0.2, 0) is 0 Å². The van der Waals surface area contributed by atoms with Crippen molar-refractivity contribution in [2.45, 2.75) is 0 Å². The SMILES string of the molecule is O=[N+]([O-])c1ccc(N(c2ccccc2)c2ccc3ccccc3c2)cc1. The Morgan fingerprint density at radius 1 is 0.615 bits per heavy atom. The van der Waals surface area contributed by atoms with Gasteiger partial charge in [0, 0.05) is 29.2 Å². The third-order valence-electron chi connectivity index (χ3n) is 4.32. The van der Waals surface area contributed by atoms with Gasteiger partial charge >= 0.3 is 0 Å². The molecule has 0 saturated heterocycles. The molecule has 4 aromatic rings. The highest BCUT2D eigenvalue weighted by Crippen LogP contribution is 2.36. The average molecular weight is 340 g/mol. The number of para-hydroxylation sites is 1. The lowest BCUT2D eigenvalue weighted by Crippen LogP contribution is -2.09. The van der Waals surface area contributed by atoms with Gasteiger partial charge in [0.2, 0.25) is 0 Å². The smallest absolute Gasteiger partial charge is 0.269 e. The van der Waals surface area contributed by atoms with Crippen molar-refractivity contribution < 1.29 is 4.92 Å². The van der Waals surface area contributed by atoms with Crippen LogP contribution in [0.3, 0.4) is 0 Å². The van der Waals surface area contributed by atoms with Gasteiger partial charge in [-0.25, -0.2) is 0 Å². The highest BCUT2D eigenvalue weighted by atomic mass is 16.6. The Balaban J connectivity index is 1.86. The number of hydrogen-bond donors (Lipinski definition) is 0. The number of anilines is 3. The molecule has 0 atom stereocenters. The number of nitro benzene ring substituents is 1. The number of benzene rings is 4. The molecule has 0 fully saturated rings. The van der Waals surface area contributed by atoms with Gasteiger partial charge in [-0.2, -0.15) is 0 Å². The minimum absolute atomic E-state index is 0.0836. The van der Waals surface area contributed by atoms with E-state index in [0.29, 0.717) is 0 Å². The Bertz CT molecular complexity index is 1060. The normalized spacial score (nSPS) is 10.6. The summed E-state index contributed by atoms with van der Waals surface area (Å²) in [5.74, 6) is 0. The van der Waals surface area contributed by atoms with E-state index < -0.39 is 0 Å². The Morgan fingerprint density at radius 3 is 1.88 bits per heavy atom. The molecule has 0 aliphatic heterocycles. The summed E-state index contributed by atoms with van der Waals surface area (Å²) in [6, 6.07) is 31.1. The molecule has 4 nitrogen and oxygen atoms in total. The zero-order valence-electron chi connectivity index (χ0n) is 13.9. The fourth-order valence-electron chi connectivity index (χ4n) is 3.06. The molecule has 4 rings (SSSR count). The lowest BCUT2D eigenvalue weighted by Gasteiger charge is -2.25. The summed E-state index contributed by atoms with van der Waals surface area (Å²) in [4.78, 5) is 12.7. The summed E-state index contributed by atoms with van der Waals surface area (Å²) in [7, 11) is 0. The van der Waals surface area contributed by atoms with Crippen LogP contribution in [0.2, 0.25) is 0 Å². The van der Waals surface area contributed by atoms with Crippen LogP contribution in [-0.4, -0.2) is 4.92 Å². The number of nitrogens with zero attached hydrogens (tertiary/aromatic N) is 2. The monoisotopic (exact) mass is 340 g/mol. The Labute approximate surface area is 151 Å². The molecule has 0 bridgehead atoms. The molecule has 0 heterocycles. The second-order valence-corrected chi connectivity index (χ2v) is 5.98. The Kier molecular flexibility index (Phi) is 4.07. The van der Waals surface area contributed by atoms with Crippen molar-refractivity contribution in [3.8, 4) is 0 Å². The number of nitro groups is 1. The van der Waals surface area contributed by atoms with Gasteiger partial charge in [0.05, 0.1) is 4.92 Å². The Morgan fingerprint density at radius 2 is 1.19 bits per heavy atom. The van der Waals surface area contributed by atoms with Crippen molar-refractivity contribution in [3.63, 3.8) is 0 Å². The average Bonchev–Trinajstić information content (AvgIpc) is 2.69. The summed E-state index contributed by atoms with van der Waals surface area (Å²) in [5.41, 5.74) is 2.96. The van der Waals surface area contributed by atoms with Crippen LogP contribution < -0.4 is 4.90 Å². The fraction of sp³-hybridized carbons (Fsp3) is 0. The molecule has 126 valence electrons. The number of rotatable bonds is 4. The second kappa shape index (κ2) is 6.69. The molecule has 0 aromatic heterocycles. The minimum Gasteiger partial charge on any atom is -0.310 e. The van der Waals surface area contributed by atoms with E-state index in [4.69, 9.17) is 0 Å². The first-order chi connectivity index (χ1) is 12.7. The van der Waals surface area contributed by atoms with Crippen molar-refractivity contribution in [2.24, 2.45) is 0 Å². The van der Waals surface area contributed by atoms with Crippen LogP contribution >= 0.6 is 0 Å². The van der Waals surface area contributed by atoms with Gasteiger partial charge in [0.1, 0.15) is 0 Å². The summed E-state index contributed by atoms with van der Waals surface area (Å²) >= 11 is 0. The maximum atomic E-state index is 11.0. The molecule has 26 heavy (non-hydrogen) atoms. The van der Waals surface area contributed by atoms with Gasteiger partial charge in [0.15, 0.2) is 0 Å². The van der Waals surface area contributed by atoms with E-state index in [-0.39, 0.29) is 10.6 Å². The van der Waals surface area contributed by atoms with Crippen LogP contribution in [0, 0.1) is 10.1 Å². The maximum Gasteiger partial charge on any atom is 0.269 e.